The van der Waals surface area contributed by atoms with Crippen molar-refractivity contribution >= 4 is 34.8 Å². The highest BCUT2D eigenvalue weighted by atomic mass is 35.5. The lowest BCUT2D eigenvalue weighted by molar-refractivity contribution is -0.133. The van der Waals surface area contributed by atoms with Gasteiger partial charge >= 0.3 is 0 Å². The molecule has 1 fully saturated rings. The fraction of sp³-hybridized carbons (Fsp3) is 0.400. The second kappa shape index (κ2) is 10.0. The Bertz CT molecular complexity index is 810. The minimum Gasteiger partial charge on any atom is -0.376 e. The molecule has 0 spiro atoms. The maximum Gasteiger partial charge on any atom is 0.252 e. The number of hydrogen-bond donors (Lipinski definition) is 1. The van der Waals surface area contributed by atoms with Crippen molar-refractivity contribution in [3.63, 3.8) is 0 Å². The van der Waals surface area contributed by atoms with Crippen molar-refractivity contribution in [1.29, 1.82) is 0 Å². The Morgan fingerprint density at radius 1 is 1.36 bits per heavy atom. The molecule has 1 aromatic carbocycles. The Balaban J connectivity index is 1.54. The molecule has 8 heteroatoms. The first-order valence-corrected chi connectivity index (χ1v) is 10.4. The molecule has 1 aromatic heterocycles. The van der Waals surface area contributed by atoms with Gasteiger partial charge in [0.15, 0.2) is 0 Å². The zero-order valence-corrected chi connectivity index (χ0v) is 16.9. The predicted octanol–water partition coefficient (Wildman–Crippen LogP) is 3.87. The Morgan fingerprint density at radius 2 is 2.21 bits per heavy atom. The van der Waals surface area contributed by atoms with Crippen LogP contribution in [-0.2, 0) is 16.1 Å². The van der Waals surface area contributed by atoms with E-state index in [-0.39, 0.29) is 35.6 Å². The van der Waals surface area contributed by atoms with Crippen LogP contribution in [0.4, 0.5) is 4.39 Å². The molecule has 1 saturated heterocycles. The lowest BCUT2D eigenvalue weighted by Gasteiger charge is -2.25. The van der Waals surface area contributed by atoms with Crippen LogP contribution in [0.5, 0.6) is 0 Å². The Kier molecular flexibility index (Phi) is 7.42. The first-order valence-electron chi connectivity index (χ1n) is 9.18. The SMILES string of the molecule is O=C(NCCC(=O)N(Cc1cccs1)CC1CCCO1)c1ccc(F)cc1Cl. The molecule has 2 heterocycles. The molecule has 0 bridgehead atoms. The van der Waals surface area contributed by atoms with Crippen LogP contribution in [0.3, 0.4) is 0 Å². The van der Waals surface area contributed by atoms with Crippen molar-refractivity contribution in [1.82, 2.24) is 10.2 Å². The molecule has 5 nitrogen and oxygen atoms in total. The molecule has 28 heavy (non-hydrogen) atoms. The van der Waals surface area contributed by atoms with E-state index in [1.165, 1.54) is 12.1 Å². The zero-order chi connectivity index (χ0) is 19.9. The minimum atomic E-state index is -0.505. The van der Waals surface area contributed by atoms with Gasteiger partial charge in [-0.05, 0) is 42.5 Å². The van der Waals surface area contributed by atoms with Gasteiger partial charge in [0.2, 0.25) is 5.91 Å². The van der Waals surface area contributed by atoms with Gasteiger partial charge in [0.25, 0.3) is 5.91 Å². The maximum atomic E-state index is 13.1. The summed E-state index contributed by atoms with van der Waals surface area (Å²) < 4.78 is 18.8. The van der Waals surface area contributed by atoms with Crippen LogP contribution in [0.15, 0.2) is 35.7 Å². The second-order valence-electron chi connectivity index (χ2n) is 6.62. The van der Waals surface area contributed by atoms with Crippen molar-refractivity contribution in [3.8, 4) is 0 Å². The highest BCUT2D eigenvalue weighted by Crippen LogP contribution is 2.19. The molecule has 1 atom stereocenters. The smallest absolute Gasteiger partial charge is 0.252 e. The minimum absolute atomic E-state index is 0.0431. The van der Waals surface area contributed by atoms with E-state index in [0.717, 1.165) is 30.4 Å². The molecule has 1 N–H and O–H groups in total. The summed E-state index contributed by atoms with van der Waals surface area (Å²) >= 11 is 7.51. The molecule has 1 aliphatic rings. The average Bonchev–Trinajstić information content (AvgIpc) is 3.35. The van der Waals surface area contributed by atoms with Gasteiger partial charge in [0, 0.05) is 31.0 Å². The lowest BCUT2D eigenvalue weighted by atomic mass is 10.2. The topological polar surface area (TPSA) is 58.6 Å². The number of rotatable bonds is 8. The van der Waals surface area contributed by atoms with E-state index in [1.807, 2.05) is 17.5 Å². The summed E-state index contributed by atoms with van der Waals surface area (Å²) in [5, 5.41) is 4.70. The highest BCUT2D eigenvalue weighted by Gasteiger charge is 2.23. The molecule has 2 aromatic rings. The summed E-state index contributed by atoms with van der Waals surface area (Å²) in [4.78, 5) is 27.8. The van der Waals surface area contributed by atoms with Gasteiger partial charge in [-0.25, -0.2) is 4.39 Å². The molecule has 0 aliphatic carbocycles. The average molecular weight is 425 g/mol. The second-order valence-corrected chi connectivity index (χ2v) is 8.06. The summed E-state index contributed by atoms with van der Waals surface area (Å²) in [6, 6.07) is 7.55. The van der Waals surface area contributed by atoms with Crippen LogP contribution < -0.4 is 5.32 Å². The molecular formula is C20H22ClFN2O3S. The van der Waals surface area contributed by atoms with Crippen molar-refractivity contribution in [2.45, 2.75) is 31.9 Å². The molecule has 1 unspecified atom stereocenters. The third-order valence-electron chi connectivity index (χ3n) is 4.53. The van der Waals surface area contributed by atoms with E-state index in [2.05, 4.69) is 5.32 Å². The third-order valence-corrected chi connectivity index (χ3v) is 5.70. The summed E-state index contributed by atoms with van der Waals surface area (Å²) in [6.07, 6.45) is 2.20. The lowest BCUT2D eigenvalue weighted by Crippen LogP contribution is -2.38. The van der Waals surface area contributed by atoms with Crippen LogP contribution in [-0.4, -0.2) is 42.5 Å². The van der Waals surface area contributed by atoms with E-state index >= 15 is 0 Å². The number of halogens is 2. The number of nitrogens with zero attached hydrogens (tertiary/aromatic N) is 1. The number of carbonyl (C=O) groups excluding carboxylic acids is 2. The van der Waals surface area contributed by atoms with Gasteiger partial charge in [-0.3, -0.25) is 9.59 Å². The third kappa shape index (κ3) is 5.77. The number of ether oxygens (including phenoxy) is 1. The molecule has 0 radical (unpaired) electrons. The summed E-state index contributed by atoms with van der Waals surface area (Å²) in [5.74, 6) is -0.980. The number of carbonyl (C=O) groups is 2. The van der Waals surface area contributed by atoms with Gasteiger partial charge < -0.3 is 15.0 Å². The van der Waals surface area contributed by atoms with Crippen LogP contribution in [0.1, 0.15) is 34.5 Å². The fourth-order valence-electron chi connectivity index (χ4n) is 3.09. The predicted molar refractivity (Wildman–Crippen MR) is 107 cm³/mol. The molecule has 2 amide bonds. The quantitative estimate of drug-likeness (QED) is 0.699. The van der Waals surface area contributed by atoms with Gasteiger partial charge in [0.05, 0.1) is 23.2 Å². The number of benzene rings is 1. The van der Waals surface area contributed by atoms with E-state index in [4.69, 9.17) is 16.3 Å². The van der Waals surface area contributed by atoms with E-state index < -0.39 is 11.7 Å². The van der Waals surface area contributed by atoms with Crippen molar-refractivity contribution in [2.75, 3.05) is 19.7 Å². The number of nitrogens with one attached hydrogen (secondary N) is 1. The Morgan fingerprint density at radius 3 is 2.89 bits per heavy atom. The van der Waals surface area contributed by atoms with Gasteiger partial charge in [-0.1, -0.05) is 17.7 Å². The number of hydrogen-bond acceptors (Lipinski definition) is 4. The standard InChI is InChI=1S/C20H22ClFN2O3S/c21-18-11-14(22)5-6-17(18)20(26)23-8-7-19(25)24(12-15-3-1-9-27-15)13-16-4-2-10-28-16/h2,4-6,10-11,15H,1,3,7-9,12-13H2,(H,23,26). The Labute approximate surface area is 172 Å². The molecule has 150 valence electrons. The van der Waals surface area contributed by atoms with Crippen LogP contribution in [0.2, 0.25) is 5.02 Å². The fourth-order valence-corrected chi connectivity index (χ4v) is 4.06. The van der Waals surface area contributed by atoms with Gasteiger partial charge in [-0.2, -0.15) is 0 Å². The summed E-state index contributed by atoms with van der Waals surface area (Å²) in [7, 11) is 0. The first kappa shape index (κ1) is 20.8. The maximum absolute atomic E-state index is 13.1. The summed E-state index contributed by atoms with van der Waals surface area (Å²) in [5.41, 5.74) is 0.185. The van der Waals surface area contributed by atoms with Crippen LogP contribution in [0.25, 0.3) is 0 Å². The molecular weight excluding hydrogens is 403 g/mol. The van der Waals surface area contributed by atoms with Crippen molar-refractivity contribution in [3.05, 3.63) is 57.0 Å². The highest BCUT2D eigenvalue weighted by molar-refractivity contribution is 7.09. The van der Waals surface area contributed by atoms with E-state index in [1.54, 1.807) is 16.2 Å². The van der Waals surface area contributed by atoms with E-state index in [0.29, 0.717) is 13.1 Å². The van der Waals surface area contributed by atoms with E-state index in [9.17, 15) is 14.0 Å². The van der Waals surface area contributed by atoms with Gasteiger partial charge in [0.1, 0.15) is 5.82 Å². The Hall–Kier alpha value is -1.96. The summed E-state index contributed by atoms with van der Waals surface area (Å²) in [6.45, 7) is 2.00. The van der Waals surface area contributed by atoms with Crippen molar-refractivity contribution in [2.24, 2.45) is 0 Å². The van der Waals surface area contributed by atoms with Crippen molar-refractivity contribution < 1.29 is 18.7 Å². The number of amides is 2. The largest absolute Gasteiger partial charge is 0.376 e. The first-order chi connectivity index (χ1) is 13.5. The van der Waals surface area contributed by atoms with Gasteiger partial charge in [-0.15, -0.1) is 11.3 Å². The zero-order valence-electron chi connectivity index (χ0n) is 15.3. The molecule has 1 aliphatic heterocycles. The normalized spacial score (nSPS) is 16.1. The number of thiophene rings is 1. The molecule has 0 saturated carbocycles. The van der Waals surface area contributed by atoms with Crippen LogP contribution in [0, 0.1) is 5.82 Å². The monoisotopic (exact) mass is 424 g/mol. The van der Waals surface area contributed by atoms with Crippen LogP contribution >= 0.6 is 22.9 Å². The molecule has 3 rings (SSSR count).